The monoisotopic (exact) mass is 313 g/mol. The van der Waals surface area contributed by atoms with Crippen LogP contribution >= 0.6 is 0 Å². The van der Waals surface area contributed by atoms with Gasteiger partial charge in [0, 0.05) is 5.56 Å². The van der Waals surface area contributed by atoms with Gasteiger partial charge in [0.25, 0.3) is 0 Å². The van der Waals surface area contributed by atoms with Gasteiger partial charge in [0.1, 0.15) is 5.82 Å². The van der Waals surface area contributed by atoms with E-state index in [1.54, 1.807) is 36.4 Å². The fraction of sp³-hybridized carbons (Fsp3) is 0.167. The maximum absolute atomic E-state index is 13.9. The van der Waals surface area contributed by atoms with Gasteiger partial charge in [-0.15, -0.1) is 0 Å². The second-order valence-corrected chi connectivity index (χ2v) is 4.61. The number of allylic oxidation sites excluding steroid dienone is 1. The van der Waals surface area contributed by atoms with Crippen LogP contribution in [0.5, 0.6) is 17.2 Å². The number of ether oxygens (including phenoxy) is 3. The molecule has 0 saturated heterocycles. The van der Waals surface area contributed by atoms with E-state index in [0.29, 0.717) is 22.8 Å². The van der Waals surface area contributed by atoms with Gasteiger partial charge in [0.15, 0.2) is 11.5 Å². The molecule has 23 heavy (non-hydrogen) atoms. The lowest BCUT2D eigenvalue weighted by molar-refractivity contribution is 0.324. The third kappa shape index (κ3) is 3.43. The molecule has 0 fully saturated rings. The lowest BCUT2D eigenvalue weighted by atomic mass is 10.0. The Morgan fingerprint density at radius 2 is 1.65 bits per heavy atom. The first-order chi connectivity index (χ1) is 11.1. The fourth-order valence-corrected chi connectivity index (χ4v) is 2.20. The third-order valence-corrected chi connectivity index (χ3v) is 3.28. The zero-order chi connectivity index (χ0) is 16.8. The molecule has 0 radical (unpaired) electrons. The molecule has 2 rings (SSSR count). The minimum Gasteiger partial charge on any atom is -0.493 e. The maximum Gasteiger partial charge on any atom is 0.203 e. The van der Waals surface area contributed by atoms with Crippen molar-refractivity contribution in [3.05, 3.63) is 53.3 Å². The quantitative estimate of drug-likeness (QED) is 0.620. The Balaban J connectivity index is 2.57. The Hall–Kier alpha value is -3.00. The number of benzene rings is 2. The second-order valence-electron chi connectivity index (χ2n) is 4.61. The highest BCUT2D eigenvalue weighted by Crippen LogP contribution is 2.39. The summed E-state index contributed by atoms with van der Waals surface area (Å²) < 4.78 is 29.7. The highest BCUT2D eigenvalue weighted by molar-refractivity contribution is 5.90. The van der Waals surface area contributed by atoms with Crippen LogP contribution in [0.15, 0.2) is 36.4 Å². The van der Waals surface area contributed by atoms with Crippen molar-refractivity contribution in [3.8, 4) is 23.3 Å². The normalized spacial score (nSPS) is 10.8. The van der Waals surface area contributed by atoms with Gasteiger partial charge < -0.3 is 14.2 Å². The summed E-state index contributed by atoms with van der Waals surface area (Å²) in [6.45, 7) is 0. The van der Waals surface area contributed by atoms with Crippen LogP contribution in [0, 0.1) is 17.1 Å². The van der Waals surface area contributed by atoms with Gasteiger partial charge in [-0.1, -0.05) is 18.2 Å². The average molecular weight is 313 g/mol. The van der Waals surface area contributed by atoms with Crippen LogP contribution in [-0.4, -0.2) is 21.3 Å². The predicted molar refractivity (Wildman–Crippen MR) is 86.0 cm³/mol. The standard InChI is InChI=1S/C18H16FNO3/c1-21-16-9-12(10-17(22-2)18(16)23-3)8-13(11-20)14-6-4-5-7-15(14)19/h4-10H,1-3H3/b13-8-. The Morgan fingerprint density at radius 3 is 2.13 bits per heavy atom. The second kappa shape index (κ2) is 7.32. The molecular formula is C18H16FNO3. The van der Waals surface area contributed by atoms with E-state index in [2.05, 4.69) is 0 Å². The average Bonchev–Trinajstić information content (AvgIpc) is 2.59. The van der Waals surface area contributed by atoms with E-state index in [1.807, 2.05) is 6.07 Å². The van der Waals surface area contributed by atoms with E-state index in [4.69, 9.17) is 14.2 Å². The summed E-state index contributed by atoms with van der Waals surface area (Å²) in [5, 5.41) is 9.35. The van der Waals surface area contributed by atoms with E-state index < -0.39 is 5.82 Å². The molecule has 0 aliphatic rings. The summed E-state index contributed by atoms with van der Waals surface area (Å²) in [6.07, 6.45) is 1.57. The highest BCUT2D eigenvalue weighted by Gasteiger charge is 2.13. The summed E-state index contributed by atoms with van der Waals surface area (Å²) in [4.78, 5) is 0. The summed E-state index contributed by atoms with van der Waals surface area (Å²) >= 11 is 0. The molecule has 0 bridgehead atoms. The van der Waals surface area contributed by atoms with E-state index in [0.717, 1.165) is 0 Å². The SMILES string of the molecule is COc1cc(/C=C(/C#N)c2ccccc2F)cc(OC)c1OC. The van der Waals surface area contributed by atoms with Crippen LogP contribution in [0.4, 0.5) is 4.39 Å². The number of halogens is 1. The summed E-state index contributed by atoms with van der Waals surface area (Å²) in [5.41, 5.74) is 1.08. The first kappa shape index (κ1) is 16.4. The Bertz CT molecular complexity index is 753. The first-order valence-corrected chi connectivity index (χ1v) is 6.81. The Labute approximate surface area is 134 Å². The van der Waals surface area contributed by atoms with Gasteiger partial charge in [-0.05, 0) is 29.8 Å². The Morgan fingerprint density at radius 1 is 1.04 bits per heavy atom. The number of rotatable bonds is 5. The van der Waals surface area contributed by atoms with Gasteiger partial charge in [0.05, 0.1) is 33.0 Å². The minimum absolute atomic E-state index is 0.206. The minimum atomic E-state index is -0.451. The molecule has 0 spiro atoms. The summed E-state index contributed by atoms with van der Waals surface area (Å²) in [6, 6.07) is 11.5. The van der Waals surface area contributed by atoms with Gasteiger partial charge in [0.2, 0.25) is 5.75 Å². The molecule has 0 N–H and O–H groups in total. The van der Waals surface area contributed by atoms with Crippen LogP contribution < -0.4 is 14.2 Å². The van der Waals surface area contributed by atoms with Crippen LogP contribution in [0.3, 0.4) is 0 Å². The molecule has 0 aliphatic heterocycles. The molecule has 0 amide bonds. The molecule has 2 aromatic rings. The number of methoxy groups -OCH3 is 3. The molecule has 118 valence electrons. The molecule has 0 aliphatic carbocycles. The van der Waals surface area contributed by atoms with E-state index >= 15 is 0 Å². The molecule has 0 unspecified atom stereocenters. The van der Waals surface area contributed by atoms with Crippen LogP contribution in [-0.2, 0) is 0 Å². The molecule has 0 aromatic heterocycles. The van der Waals surface area contributed by atoms with Gasteiger partial charge in [-0.25, -0.2) is 4.39 Å². The zero-order valence-corrected chi connectivity index (χ0v) is 13.1. The van der Waals surface area contributed by atoms with Crippen molar-refractivity contribution in [1.82, 2.24) is 0 Å². The smallest absolute Gasteiger partial charge is 0.203 e. The fourth-order valence-electron chi connectivity index (χ4n) is 2.20. The van der Waals surface area contributed by atoms with Crippen molar-refractivity contribution >= 4 is 11.6 Å². The Kier molecular flexibility index (Phi) is 5.21. The number of hydrogen-bond acceptors (Lipinski definition) is 4. The molecule has 0 heterocycles. The van der Waals surface area contributed by atoms with Crippen molar-refractivity contribution in [1.29, 1.82) is 5.26 Å². The van der Waals surface area contributed by atoms with Crippen molar-refractivity contribution in [2.45, 2.75) is 0 Å². The van der Waals surface area contributed by atoms with Gasteiger partial charge in [-0.3, -0.25) is 0 Å². The van der Waals surface area contributed by atoms with Crippen LogP contribution in [0.2, 0.25) is 0 Å². The van der Waals surface area contributed by atoms with E-state index in [9.17, 15) is 9.65 Å². The van der Waals surface area contributed by atoms with Crippen LogP contribution in [0.25, 0.3) is 11.6 Å². The number of nitriles is 1. The number of nitrogens with zero attached hydrogens (tertiary/aromatic N) is 1. The highest BCUT2D eigenvalue weighted by atomic mass is 19.1. The maximum atomic E-state index is 13.9. The molecular weight excluding hydrogens is 297 g/mol. The topological polar surface area (TPSA) is 51.5 Å². The van der Waals surface area contributed by atoms with Crippen molar-refractivity contribution in [2.24, 2.45) is 0 Å². The van der Waals surface area contributed by atoms with Gasteiger partial charge in [-0.2, -0.15) is 5.26 Å². The zero-order valence-electron chi connectivity index (χ0n) is 13.1. The molecule has 0 atom stereocenters. The third-order valence-electron chi connectivity index (χ3n) is 3.28. The van der Waals surface area contributed by atoms with Crippen LogP contribution in [0.1, 0.15) is 11.1 Å². The summed E-state index contributed by atoms with van der Waals surface area (Å²) in [5.74, 6) is 0.928. The molecule has 5 heteroatoms. The summed E-state index contributed by atoms with van der Waals surface area (Å²) in [7, 11) is 4.52. The van der Waals surface area contributed by atoms with Crippen molar-refractivity contribution < 1.29 is 18.6 Å². The predicted octanol–water partition coefficient (Wildman–Crippen LogP) is 3.92. The molecule has 4 nitrogen and oxygen atoms in total. The lowest BCUT2D eigenvalue weighted by Crippen LogP contribution is -1.96. The van der Waals surface area contributed by atoms with E-state index in [1.165, 1.54) is 27.4 Å². The van der Waals surface area contributed by atoms with Crippen molar-refractivity contribution in [2.75, 3.05) is 21.3 Å². The number of hydrogen-bond donors (Lipinski definition) is 0. The largest absolute Gasteiger partial charge is 0.493 e. The lowest BCUT2D eigenvalue weighted by Gasteiger charge is -2.13. The van der Waals surface area contributed by atoms with Crippen molar-refractivity contribution in [3.63, 3.8) is 0 Å². The molecule has 2 aromatic carbocycles. The first-order valence-electron chi connectivity index (χ1n) is 6.81. The van der Waals surface area contributed by atoms with E-state index in [-0.39, 0.29) is 11.1 Å². The molecule has 0 saturated carbocycles. The van der Waals surface area contributed by atoms with Gasteiger partial charge >= 0.3 is 0 Å².